The highest BCUT2D eigenvalue weighted by molar-refractivity contribution is 5.09. The first-order valence-electron chi connectivity index (χ1n) is 8.43. The van der Waals surface area contributed by atoms with Crippen LogP contribution in [0.4, 0.5) is 13.2 Å². The van der Waals surface area contributed by atoms with Gasteiger partial charge in [-0.15, -0.1) is 5.10 Å². The van der Waals surface area contributed by atoms with Crippen LogP contribution in [0.25, 0.3) is 0 Å². The van der Waals surface area contributed by atoms with Crippen LogP contribution in [0, 0.1) is 5.92 Å². The van der Waals surface area contributed by atoms with Crippen molar-refractivity contribution in [1.29, 1.82) is 0 Å². The van der Waals surface area contributed by atoms with Crippen molar-refractivity contribution >= 4 is 0 Å². The van der Waals surface area contributed by atoms with Gasteiger partial charge in [0.1, 0.15) is 5.82 Å². The smallest absolute Gasteiger partial charge is 0.334 e. The lowest BCUT2D eigenvalue weighted by molar-refractivity contribution is -0.141. The van der Waals surface area contributed by atoms with E-state index in [2.05, 4.69) is 32.3 Å². The Hall–Kier alpha value is -1.97. The fourth-order valence-electron chi connectivity index (χ4n) is 3.27. The number of hydrogen-bond acceptors (Lipinski definition) is 5. The van der Waals surface area contributed by atoms with Crippen LogP contribution >= 0.6 is 0 Å². The molecule has 1 unspecified atom stereocenters. The Morgan fingerprint density at radius 1 is 1.36 bits per heavy atom. The summed E-state index contributed by atoms with van der Waals surface area (Å²) >= 11 is 0. The zero-order chi connectivity index (χ0) is 18.0. The fourth-order valence-corrected chi connectivity index (χ4v) is 3.27. The summed E-state index contributed by atoms with van der Waals surface area (Å²) in [5.74, 6) is 1.62. The molecule has 1 atom stereocenters. The predicted molar refractivity (Wildman–Crippen MR) is 83.5 cm³/mol. The molecule has 0 aliphatic carbocycles. The van der Waals surface area contributed by atoms with Gasteiger partial charge in [-0.3, -0.25) is 4.90 Å². The standard InChI is InChI=1S/C15H22F3N7/c1-3-6-25-14(20-21-22-25)10-23(2)7-11-4-5-13-19-12(15(16,17)18)9-24(13)8-11/h9,11H,3-8,10H2,1-2H3. The SMILES string of the molecule is CCCn1nnnc1CN(C)CC1CCc2nc(C(F)(F)F)cn2C1. The Labute approximate surface area is 143 Å². The van der Waals surface area contributed by atoms with Crippen molar-refractivity contribution in [3.63, 3.8) is 0 Å². The number of nitrogens with zero attached hydrogens (tertiary/aromatic N) is 7. The minimum Gasteiger partial charge on any atom is -0.334 e. The molecule has 7 nitrogen and oxygen atoms in total. The van der Waals surface area contributed by atoms with Crippen LogP contribution in [-0.4, -0.2) is 48.3 Å². The van der Waals surface area contributed by atoms with E-state index in [0.29, 0.717) is 25.3 Å². The van der Waals surface area contributed by atoms with Gasteiger partial charge in [0.15, 0.2) is 11.5 Å². The number of hydrogen-bond donors (Lipinski definition) is 0. The molecule has 1 aliphatic heterocycles. The van der Waals surface area contributed by atoms with E-state index in [1.165, 1.54) is 0 Å². The third-order valence-corrected chi connectivity index (χ3v) is 4.40. The van der Waals surface area contributed by atoms with Crippen LogP contribution in [0.2, 0.25) is 0 Å². The van der Waals surface area contributed by atoms with Crippen molar-refractivity contribution in [2.24, 2.45) is 5.92 Å². The van der Waals surface area contributed by atoms with Crippen molar-refractivity contribution in [2.45, 2.75) is 52.0 Å². The molecule has 0 saturated heterocycles. The number of rotatable bonds is 6. The molecule has 3 rings (SSSR count). The van der Waals surface area contributed by atoms with Gasteiger partial charge in [0, 0.05) is 32.3 Å². The average molecular weight is 357 g/mol. The number of halogens is 3. The van der Waals surface area contributed by atoms with Crippen molar-refractivity contribution < 1.29 is 13.2 Å². The Morgan fingerprint density at radius 2 is 2.16 bits per heavy atom. The third-order valence-electron chi connectivity index (χ3n) is 4.40. The van der Waals surface area contributed by atoms with Crippen LogP contribution in [0.15, 0.2) is 6.20 Å². The van der Waals surface area contributed by atoms with Crippen molar-refractivity contribution in [1.82, 2.24) is 34.7 Å². The fraction of sp³-hybridized carbons (Fsp3) is 0.733. The summed E-state index contributed by atoms with van der Waals surface area (Å²) in [7, 11) is 1.98. The molecule has 138 valence electrons. The summed E-state index contributed by atoms with van der Waals surface area (Å²) in [5, 5.41) is 11.7. The van der Waals surface area contributed by atoms with Gasteiger partial charge < -0.3 is 4.57 Å². The summed E-state index contributed by atoms with van der Waals surface area (Å²) in [5.41, 5.74) is -0.796. The largest absolute Gasteiger partial charge is 0.434 e. The molecule has 0 radical (unpaired) electrons. The molecule has 0 fully saturated rings. The van der Waals surface area contributed by atoms with E-state index in [4.69, 9.17) is 0 Å². The molecular formula is C15H22F3N7. The summed E-state index contributed by atoms with van der Waals surface area (Å²) in [4.78, 5) is 5.84. The lowest BCUT2D eigenvalue weighted by atomic mass is 9.99. The number of aryl methyl sites for hydroxylation is 2. The Bertz CT molecular complexity index is 706. The topological polar surface area (TPSA) is 64.7 Å². The second kappa shape index (κ2) is 7.11. The summed E-state index contributed by atoms with van der Waals surface area (Å²) in [6, 6.07) is 0. The molecule has 0 amide bonds. The monoisotopic (exact) mass is 357 g/mol. The van der Waals surface area contributed by atoms with E-state index in [9.17, 15) is 13.2 Å². The second-order valence-electron chi connectivity index (χ2n) is 6.61. The van der Waals surface area contributed by atoms with Gasteiger partial charge in [0.25, 0.3) is 0 Å². The summed E-state index contributed by atoms with van der Waals surface area (Å²) in [6.07, 6.45) is -0.897. The molecule has 2 aromatic heterocycles. The molecular weight excluding hydrogens is 335 g/mol. The molecule has 0 bridgehead atoms. The maximum Gasteiger partial charge on any atom is 0.434 e. The lowest BCUT2D eigenvalue weighted by Gasteiger charge is -2.27. The lowest BCUT2D eigenvalue weighted by Crippen LogP contribution is -2.32. The van der Waals surface area contributed by atoms with Gasteiger partial charge in [-0.2, -0.15) is 13.2 Å². The first kappa shape index (κ1) is 17.8. The highest BCUT2D eigenvalue weighted by Gasteiger charge is 2.35. The van der Waals surface area contributed by atoms with Gasteiger partial charge in [-0.1, -0.05) is 6.92 Å². The van der Waals surface area contributed by atoms with Gasteiger partial charge in [0.2, 0.25) is 0 Å². The highest BCUT2D eigenvalue weighted by atomic mass is 19.4. The van der Waals surface area contributed by atoms with Gasteiger partial charge in [-0.25, -0.2) is 9.67 Å². The number of fused-ring (bicyclic) bond motifs is 1. The van der Waals surface area contributed by atoms with E-state index < -0.39 is 11.9 Å². The minimum absolute atomic E-state index is 0.281. The van der Waals surface area contributed by atoms with Crippen LogP contribution in [0.3, 0.4) is 0 Å². The number of alkyl halides is 3. The minimum atomic E-state index is -4.38. The van der Waals surface area contributed by atoms with Crippen molar-refractivity contribution in [2.75, 3.05) is 13.6 Å². The van der Waals surface area contributed by atoms with E-state index in [1.807, 2.05) is 7.05 Å². The van der Waals surface area contributed by atoms with Crippen LogP contribution in [0.5, 0.6) is 0 Å². The molecule has 10 heteroatoms. The highest BCUT2D eigenvalue weighted by Crippen LogP contribution is 2.30. The molecule has 0 N–H and O–H groups in total. The van der Waals surface area contributed by atoms with E-state index >= 15 is 0 Å². The number of tetrazole rings is 1. The number of imidazole rings is 1. The maximum atomic E-state index is 12.8. The van der Waals surface area contributed by atoms with Gasteiger partial charge in [0.05, 0.1) is 6.54 Å². The Morgan fingerprint density at radius 3 is 2.88 bits per heavy atom. The second-order valence-corrected chi connectivity index (χ2v) is 6.61. The average Bonchev–Trinajstić information content (AvgIpc) is 3.14. The Balaban J connectivity index is 1.59. The van der Waals surface area contributed by atoms with Crippen LogP contribution in [-0.2, 0) is 32.2 Å². The van der Waals surface area contributed by atoms with Crippen LogP contribution < -0.4 is 0 Å². The summed E-state index contributed by atoms with van der Waals surface area (Å²) < 4.78 is 41.8. The zero-order valence-electron chi connectivity index (χ0n) is 14.4. The molecule has 1 aliphatic rings. The Kier molecular flexibility index (Phi) is 5.07. The third kappa shape index (κ3) is 4.17. The van der Waals surface area contributed by atoms with E-state index in [-0.39, 0.29) is 5.92 Å². The van der Waals surface area contributed by atoms with Crippen molar-refractivity contribution in [3.05, 3.63) is 23.5 Å². The van der Waals surface area contributed by atoms with Gasteiger partial charge in [-0.05, 0) is 36.2 Å². The van der Waals surface area contributed by atoms with Gasteiger partial charge >= 0.3 is 6.18 Å². The first-order valence-corrected chi connectivity index (χ1v) is 8.43. The molecule has 0 saturated carbocycles. The maximum absolute atomic E-state index is 12.8. The quantitative estimate of drug-likeness (QED) is 0.791. The molecule has 25 heavy (non-hydrogen) atoms. The molecule has 3 heterocycles. The molecule has 0 aromatic carbocycles. The molecule has 0 spiro atoms. The van der Waals surface area contributed by atoms with Crippen molar-refractivity contribution in [3.8, 4) is 0 Å². The van der Waals surface area contributed by atoms with E-state index in [1.54, 1.807) is 9.25 Å². The van der Waals surface area contributed by atoms with E-state index in [0.717, 1.165) is 38.0 Å². The summed E-state index contributed by atoms with van der Waals surface area (Å²) in [6.45, 7) is 4.79. The molecule has 2 aromatic rings. The predicted octanol–water partition coefficient (Wildman–Crippen LogP) is 1.99. The normalized spacial score (nSPS) is 17.9. The zero-order valence-corrected chi connectivity index (χ0v) is 14.4. The van der Waals surface area contributed by atoms with Crippen LogP contribution in [0.1, 0.15) is 37.1 Å². The first-order chi connectivity index (χ1) is 11.9. The number of aromatic nitrogens is 6.